The van der Waals surface area contributed by atoms with Gasteiger partial charge in [-0.3, -0.25) is 0 Å². The third-order valence-electron chi connectivity index (χ3n) is 1.79. The minimum absolute atomic E-state index is 0.417. The molecule has 0 amide bonds. The van der Waals surface area contributed by atoms with Crippen LogP contribution in [0.1, 0.15) is 4.88 Å². The van der Waals surface area contributed by atoms with Crippen LogP contribution in [-0.4, -0.2) is 4.98 Å². The van der Waals surface area contributed by atoms with E-state index in [9.17, 15) is 0 Å². The van der Waals surface area contributed by atoms with Gasteiger partial charge in [0.15, 0.2) is 4.47 Å². The Morgan fingerprint density at radius 3 is 2.88 bits per heavy atom. The zero-order valence-corrected chi connectivity index (χ0v) is 11.8. The number of ether oxygens (including phenoxy) is 1. The molecule has 2 aromatic rings. The average Bonchev–Trinajstić information content (AvgIpc) is 2.66. The Labute approximate surface area is 115 Å². The third kappa shape index (κ3) is 3.10. The van der Waals surface area contributed by atoms with Crippen LogP contribution in [0.25, 0.3) is 0 Å². The van der Waals surface area contributed by atoms with Crippen molar-refractivity contribution < 1.29 is 4.74 Å². The van der Waals surface area contributed by atoms with Crippen LogP contribution in [0.3, 0.4) is 0 Å². The molecule has 0 aliphatic carbocycles. The molecule has 2 rings (SSSR count). The van der Waals surface area contributed by atoms with E-state index < -0.39 is 0 Å². The van der Waals surface area contributed by atoms with Crippen molar-refractivity contribution in [3.05, 3.63) is 43.2 Å². The fraction of sp³-hybridized carbons (Fsp3) is 0.100. The molecule has 0 saturated carbocycles. The molecule has 0 aliphatic heterocycles. The zero-order valence-electron chi connectivity index (χ0n) is 7.91. The normalized spacial score (nSPS) is 10.4. The Bertz CT molecular complexity index is 503. The lowest BCUT2D eigenvalue weighted by Gasteiger charge is -2.06. The molecule has 0 saturated heterocycles. The van der Waals surface area contributed by atoms with E-state index in [2.05, 4.69) is 20.9 Å². The van der Waals surface area contributed by atoms with Crippen molar-refractivity contribution in [2.75, 3.05) is 0 Å². The first-order valence-corrected chi connectivity index (χ1v) is 6.70. The van der Waals surface area contributed by atoms with E-state index in [4.69, 9.17) is 27.9 Å². The van der Waals surface area contributed by atoms with Crippen molar-refractivity contribution in [3.8, 4) is 5.75 Å². The van der Waals surface area contributed by atoms with Crippen LogP contribution in [0.5, 0.6) is 5.75 Å². The first kappa shape index (κ1) is 12.2. The third-order valence-corrected chi connectivity index (χ3v) is 3.68. The van der Waals surface area contributed by atoms with Gasteiger partial charge in [0.05, 0.1) is 9.90 Å². The number of rotatable bonds is 3. The van der Waals surface area contributed by atoms with Crippen LogP contribution in [0.15, 0.2) is 28.9 Å². The number of hydrogen-bond acceptors (Lipinski definition) is 3. The van der Waals surface area contributed by atoms with Crippen molar-refractivity contribution >= 4 is 50.5 Å². The largest absolute Gasteiger partial charge is 0.486 e. The highest BCUT2D eigenvalue weighted by molar-refractivity contribution is 9.10. The number of nitrogens with zero attached hydrogens (tertiary/aromatic N) is 1. The number of hydrogen-bond donors (Lipinski definition) is 0. The summed E-state index contributed by atoms with van der Waals surface area (Å²) in [7, 11) is 0. The lowest BCUT2D eigenvalue weighted by molar-refractivity contribution is 0.309. The summed E-state index contributed by atoms with van der Waals surface area (Å²) in [6.07, 6.45) is 1.69. The summed E-state index contributed by atoms with van der Waals surface area (Å²) in [4.78, 5) is 4.89. The van der Waals surface area contributed by atoms with Gasteiger partial charge in [-0.05, 0) is 18.2 Å². The van der Waals surface area contributed by atoms with Crippen LogP contribution in [0.2, 0.25) is 9.49 Å². The van der Waals surface area contributed by atoms with Crippen LogP contribution in [0.4, 0.5) is 0 Å². The van der Waals surface area contributed by atoms with Crippen LogP contribution >= 0.6 is 50.5 Å². The maximum absolute atomic E-state index is 5.98. The lowest BCUT2D eigenvalue weighted by atomic mass is 10.3. The van der Waals surface area contributed by atoms with E-state index in [1.165, 1.54) is 11.3 Å². The number of aromatic nitrogens is 1. The van der Waals surface area contributed by atoms with Gasteiger partial charge < -0.3 is 4.74 Å². The fourth-order valence-electron chi connectivity index (χ4n) is 1.09. The quantitative estimate of drug-likeness (QED) is 0.802. The molecule has 0 spiro atoms. The fourth-order valence-corrected chi connectivity index (χ4v) is 2.49. The van der Waals surface area contributed by atoms with Gasteiger partial charge in [0.1, 0.15) is 12.4 Å². The average molecular weight is 339 g/mol. The Morgan fingerprint density at radius 2 is 2.19 bits per heavy atom. The summed E-state index contributed by atoms with van der Waals surface area (Å²) in [5.74, 6) is 0.639. The molecule has 0 aliphatic rings. The number of thiazole rings is 1. The molecule has 2 nitrogen and oxygen atoms in total. The molecule has 0 unspecified atom stereocenters. The molecule has 0 fully saturated rings. The molecule has 1 aromatic heterocycles. The van der Waals surface area contributed by atoms with Gasteiger partial charge in [-0.15, -0.1) is 11.3 Å². The van der Waals surface area contributed by atoms with Crippen molar-refractivity contribution in [3.63, 3.8) is 0 Å². The SMILES string of the molecule is Clc1ncc(COc2cc(Br)ccc2Cl)s1. The van der Waals surface area contributed by atoms with Crippen LogP contribution < -0.4 is 4.74 Å². The summed E-state index contributed by atoms with van der Waals surface area (Å²) in [5, 5.41) is 0.582. The van der Waals surface area contributed by atoms with Gasteiger partial charge in [0.2, 0.25) is 0 Å². The summed E-state index contributed by atoms with van der Waals surface area (Å²) in [5.41, 5.74) is 0. The molecule has 84 valence electrons. The molecule has 16 heavy (non-hydrogen) atoms. The molecule has 1 heterocycles. The van der Waals surface area contributed by atoms with E-state index in [0.717, 1.165) is 9.35 Å². The van der Waals surface area contributed by atoms with E-state index in [1.807, 2.05) is 12.1 Å². The lowest BCUT2D eigenvalue weighted by Crippen LogP contribution is -1.93. The van der Waals surface area contributed by atoms with Gasteiger partial charge in [-0.1, -0.05) is 39.1 Å². The van der Waals surface area contributed by atoms with Crippen molar-refractivity contribution in [2.24, 2.45) is 0 Å². The van der Waals surface area contributed by atoms with E-state index in [0.29, 0.717) is 21.8 Å². The summed E-state index contributed by atoms with van der Waals surface area (Å²) < 4.78 is 7.00. The minimum atomic E-state index is 0.417. The standard InChI is InChI=1S/C10H6BrCl2NOS/c11-6-1-2-8(12)9(3-6)15-5-7-4-14-10(13)16-7/h1-4H,5H2. The monoisotopic (exact) mass is 337 g/mol. The molecule has 6 heteroatoms. The van der Waals surface area contributed by atoms with Gasteiger partial charge in [-0.2, -0.15) is 0 Å². The highest BCUT2D eigenvalue weighted by Crippen LogP contribution is 2.29. The van der Waals surface area contributed by atoms with E-state index in [-0.39, 0.29) is 0 Å². The highest BCUT2D eigenvalue weighted by Gasteiger charge is 2.04. The summed E-state index contributed by atoms with van der Waals surface area (Å²) in [6.45, 7) is 0.417. The summed E-state index contributed by atoms with van der Waals surface area (Å²) in [6, 6.07) is 5.46. The van der Waals surface area contributed by atoms with E-state index in [1.54, 1.807) is 12.3 Å². The molecule has 0 N–H and O–H groups in total. The Kier molecular flexibility index (Phi) is 4.08. The predicted octanol–water partition coefficient (Wildman–Crippen LogP) is 4.79. The van der Waals surface area contributed by atoms with E-state index >= 15 is 0 Å². The van der Waals surface area contributed by atoms with Crippen LogP contribution in [-0.2, 0) is 6.61 Å². The Morgan fingerprint density at radius 1 is 1.38 bits per heavy atom. The van der Waals surface area contributed by atoms with Crippen molar-refractivity contribution in [2.45, 2.75) is 6.61 Å². The zero-order chi connectivity index (χ0) is 11.5. The molecule has 0 bridgehead atoms. The molecular formula is C10H6BrCl2NOS. The number of halogens is 3. The van der Waals surface area contributed by atoms with Gasteiger partial charge in [0, 0.05) is 10.7 Å². The Hall–Kier alpha value is -0.290. The second-order valence-electron chi connectivity index (χ2n) is 2.94. The second-order valence-corrected chi connectivity index (χ2v) is 5.96. The molecule has 0 radical (unpaired) electrons. The maximum Gasteiger partial charge on any atom is 0.183 e. The van der Waals surface area contributed by atoms with Gasteiger partial charge in [-0.25, -0.2) is 4.98 Å². The van der Waals surface area contributed by atoms with Gasteiger partial charge >= 0.3 is 0 Å². The maximum atomic E-state index is 5.98. The topological polar surface area (TPSA) is 22.1 Å². The number of benzene rings is 1. The van der Waals surface area contributed by atoms with Crippen molar-refractivity contribution in [1.29, 1.82) is 0 Å². The first-order valence-electron chi connectivity index (χ1n) is 4.33. The minimum Gasteiger partial charge on any atom is -0.486 e. The molecule has 0 atom stereocenters. The van der Waals surface area contributed by atoms with Crippen LogP contribution in [0, 0.1) is 0 Å². The predicted molar refractivity (Wildman–Crippen MR) is 70.6 cm³/mol. The molecule has 1 aromatic carbocycles. The summed E-state index contributed by atoms with van der Waals surface area (Å²) >= 11 is 16.4. The van der Waals surface area contributed by atoms with Gasteiger partial charge in [0.25, 0.3) is 0 Å². The molecular weight excluding hydrogens is 333 g/mol. The smallest absolute Gasteiger partial charge is 0.183 e. The highest BCUT2D eigenvalue weighted by atomic mass is 79.9. The Balaban J connectivity index is 2.07. The van der Waals surface area contributed by atoms with Crippen molar-refractivity contribution in [1.82, 2.24) is 4.98 Å². The second kappa shape index (κ2) is 5.36. The first-order chi connectivity index (χ1) is 7.65.